The first-order chi connectivity index (χ1) is 13.1. The number of hydrogen-bond donors (Lipinski definition) is 0. The monoisotopic (exact) mass is 381 g/mol. The molecule has 0 N–H and O–H groups in total. The number of nitrogens with zero attached hydrogens (tertiary/aromatic N) is 5. The van der Waals surface area contributed by atoms with E-state index in [4.69, 9.17) is 16.3 Å². The maximum Gasteiger partial charge on any atom is 0.222 e. The lowest BCUT2D eigenvalue weighted by molar-refractivity contribution is 0.324. The molecule has 0 amide bonds. The van der Waals surface area contributed by atoms with Crippen LogP contribution in [0.25, 0.3) is 28.1 Å². The number of fused-ring (bicyclic) bond motifs is 3. The number of allylic oxidation sites excluding steroid dienone is 1. The van der Waals surface area contributed by atoms with E-state index in [2.05, 4.69) is 26.8 Å². The van der Waals surface area contributed by atoms with Crippen molar-refractivity contribution in [2.45, 2.75) is 13.3 Å². The van der Waals surface area contributed by atoms with Crippen LogP contribution in [0.15, 0.2) is 37.1 Å². The Morgan fingerprint density at radius 2 is 2.19 bits per heavy atom. The van der Waals surface area contributed by atoms with Crippen molar-refractivity contribution in [1.29, 1.82) is 0 Å². The minimum absolute atomic E-state index is 0.588. The fraction of sp³-hybridized carbons (Fsp3) is 0.250. The van der Waals surface area contributed by atoms with Crippen molar-refractivity contribution in [2.75, 3.05) is 25.1 Å². The largest absolute Gasteiger partial charge is 0.487 e. The Hall–Kier alpha value is -2.86. The topological polar surface area (TPSA) is 55.5 Å². The van der Waals surface area contributed by atoms with Gasteiger partial charge in [0.2, 0.25) is 5.65 Å². The molecular formula is C20H20ClN5O. The molecule has 0 unspecified atom stereocenters. The molecule has 0 fully saturated rings. The zero-order chi connectivity index (χ0) is 19.0. The second kappa shape index (κ2) is 7.04. The van der Waals surface area contributed by atoms with Gasteiger partial charge in [0.15, 0.2) is 11.6 Å². The quantitative estimate of drug-likeness (QED) is 0.682. The van der Waals surface area contributed by atoms with Gasteiger partial charge >= 0.3 is 0 Å². The number of rotatable bonds is 2. The van der Waals surface area contributed by atoms with Crippen LogP contribution < -0.4 is 20.1 Å². The number of benzene rings is 1. The predicted octanol–water partition coefficient (Wildman–Crippen LogP) is 2.34. The highest BCUT2D eigenvalue weighted by Gasteiger charge is 2.21. The Bertz CT molecular complexity index is 1150. The van der Waals surface area contributed by atoms with Crippen LogP contribution in [0.1, 0.15) is 13.3 Å². The highest BCUT2D eigenvalue weighted by Crippen LogP contribution is 2.33. The molecule has 3 heterocycles. The van der Waals surface area contributed by atoms with Crippen molar-refractivity contribution in [2.24, 2.45) is 0 Å². The fourth-order valence-electron chi connectivity index (χ4n) is 3.27. The number of anilines is 1. The first-order valence-electron chi connectivity index (χ1n) is 8.81. The summed E-state index contributed by atoms with van der Waals surface area (Å²) < 4.78 is 7.67. The lowest BCUT2D eigenvalue weighted by Crippen LogP contribution is -2.25. The zero-order valence-electron chi connectivity index (χ0n) is 15.3. The molecule has 1 aliphatic heterocycles. The van der Waals surface area contributed by atoms with Crippen molar-refractivity contribution in [3.8, 4) is 17.1 Å². The van der Waals surface area contributed by atoms with E-state index in [0.29, 0.717) is 23.1 Å². The lowest BCUT2D eigenvalue weighted by atomic mass is 10.1. The molecule has 0 aliphatic carbocycles. The standard InChI is InChI=1S/C20H20ClN5O/c1-4-13-7-8-14(11-15(13)16(21)5-2)19-23-24-20-18-17(12-22-26(19)20)25(3)9-6-10-27-18/h4-5,7-8,11-12H,2,6,9-10H2,1,3H3/b13-4-,16-15+. The van der Waals surface area contributed by atoms with Gasteiger partial charge in [0.25, 0.3) is 0 Å². The van der Waals surface area contributed by atoms with E-state index in [-0.39, 0.29) is 0 Å². The molecule has 1 aliphatic rings. The average Bonchev–Trinajstić information content (AvgIpc) is 3.05. The van der Waals surface area contributed by atoms with Gasteiger partial charge < -0.3 is 9.64 Å². The molecule has 7 heteroatoms. The summed E-state index contributed by atoms with van der Waals surface area (Å²) in [6.45, 7) is 7.31. The van der Waals surface area contributed by atoms with Crippen LogP contribution in [0, 0.1) is 0 Å². The molecule has 3 aromatic rings. The molecule has 0 saturated heterocycles. The molecule has 4 rings (SSSR count). The molecule has 1 aromatic carbocycles. The molecule has 0 saturated carbocycles. The van der Waals surface area contributed by atoms with Crippen LogP contribution in [0.3, 0.4) is 0 Å². The van der Waals surface area contributed by atoms with E-state index in [9.17, 15) is 0 Å². The van der Waals surface area contributed by atoms with Crippen molar-refractivity contribution >= 4 is 34.0 Å². The molecule has 0 radical (unpaired) electrons. The van der Waals surface area contributed by atoms with Crippen molar-refractivity contribution in [3.05, 3.63) is 47.5 Å². The summed E-state index contributed by atoms with van der Waals surface area (Å²) in [7, 11) is 2.03. The summed E-state index contributed by atoms with van der Waals surface area (Å²) in [5.41, 5.74) is 2.42. The second-order valence-corrected chi connectivity index (χ2v) is 6.79. The number of halogens is 1. The first kappa shape index (κ1) is 17.5. The van der Waals surface area contributed by atoms with Crippen LogP contribution >= 0.6 is 11.6 Å². The third kappa shape index (κ3) is 2.96. The van der Waals surface area contributed by atoms with Gasteiger partial charge in [-0.1, -0.05) is 42.5 Å². The summed E-state index contributed by atoms with van der Waals surface area (Å²) in [6.07, 6.45) is 6.40. The molecular weight excluding hydrogens is 362 g/mol. The van der Waals surface area contributed by atoms with Gasteiger partial charge in [-0.15, -0.1) is 10.2 Å². The fourth-order valence-corrected chi connectivity index (χ4v) is 3.43. The normalized spacial score (nSPS) is 16.0. The molecule has 0 atom stereocenters. The predicted molar refractivity (Wildman–Crippen MR) is 108 cm³/mol. The smallest absolute Gasteiger partial charge is 0.222 e. The summed E-state index contributed by atoms with van der Waals surface area (Å²) in [5, 5.41) is 15.8. The van der Waals surface area contributed by atoms with Gasteiger partial charge in [-0.2, -0.15) is 9.61 Å². The summed E-state index contributed by atoms with van der Waals surface area (Å²) in [6, 6.07) is 5.98. The summed E-state index contributed by atoms with van der Waals surface area (Å²) >= 11 is 6.35. The molecule has 6 nitrogen and oxygen atoms in total. The third-order valence-electron chi connectivity index (χ3n) is 4.73. The van der Waals surface area contributed by atoms with Gasteiger partial charge in [-0.05, 0) is 24.6 Å². The van der Waals surface area contributed by atoms with E-state index in [1.165, 1.54) is 0 Å². The second-order valence-electron chi connectivity index (χ2n) is 6.38. The Kier molecular flexibility index (Phi) is 4.58. The van der Waals surface area contributed by atoms with E-state index in [1.807, 2.05) is 38.2 Å². The average molecular weight is 382 g/mol. The maximum absolute atomic E-state index is 6.35. The van der Waals surface area contributed by atoms with Crippen LogP contribution in [0.2, 0.25) is 0 Å². The molecule has 0 bridgehead atoms. The van der Waals surface area contributed by atoms with Gasteiger partial charge in [0.05, 0.1) is 12.8 Å². The van der Waals surface area contributed by atoms with Crippen LogP contribution in [0.4, 0.5) is 5.69 Å². The van der Waals surface area contributed by atoms with Crippen molar-refractivity contribution in [3.63, 3.8) is 0 Å². The van der Waals surface area contributed by atoms with E-state index in [0.717, 1.165) is 40.4 Å². The molecule has 27 heavy (non-hydrogen) atoms. The Morgan fingerprint density at radius 3 is 2.96 bits per heavy atom. The van der Waals surface area contributed by atoms with E-state index in [1.54, 1.807) is 16.8 Å². The Labute approximate surface area is 162 Å². The minimum Gasteiger partial charge on any atom is -0.487 e. The van der Waals surface area contributed by atoms with Crippen molar-refractivity contribution < 1.29 is 4.74 Å². The maximum atomic E-state index is 6.35. The molecule has 138 valence electrons. The van der Waals surface area contributed by atoms with E-state index >= 15 is 0 Å². The highest BCUT2D eigenvalue weighted by atomic mass is 35.5. The lowest BCUT2D eigenvalue weighted by Gasteiger charge is -2.17. The molecule has 2 aromatic heterocycles. The third-order valence-corrected chi connectivity index (χ3v) is 5.08. The van der Waals surface area contributed by atoms with E-state index < -0.39 is 0 Å². The number of aromatic nitrogens is 4. The minimum atomic E-state index is 0.588. The van der Waals surface area contributed by atoms with Crippen molar-refractivity contribution in [1.82, 2.24) is 19.8 Å². The Morgan fingerprint density at radius 1 is 1.33 bits per heavy atom. The SMILES string of the molecule is C=C/C(Cl)=c1/cc(-c2nnc3c4c(cnn23)N(C)CCCO4)cc/c1=C/C. The highest BCUT2D eigenvalue weighted by molar-refractivity contribution is 6.47. The van der Waals surface area contributed by atoms with Gasteiger partial charge in [0, 0.05) is 29.4 Å². The van der Waals surface area contributed by atoms with Crippen LogP contribution in [-0.2, 0) is 0 Å². The van der Waals surface area contributed by atoms with Gasteiger partial charge in [0.1, 0.15) is 5.69 Å². The van der Waals surface area contributed by atoms with Crippen LogP contribution in [0.5, 0.6) is 5.75 Å². The first-order valence-corrected chi connectivity index (χ1v) is 9.19. The van der Waals surface area contributed by atoms with Gasteiger partial charge in [-0.25, -0.2) is 0 Å². The number of hydrogen-bond acceptors (Lipinski definition) is 5. The summed E-state index contributed by atoms with van der Waals surface area (Å²) in [4.78, 5) is 2.13. The van der Waals surface area contributed by atoms with Gasteiger partial charge in [-0.3, -0.25) is 0 Å². The molecule has 0 spiro atoms. The zero-order valence-corrected chi connectivity index (χ0v) is 16.1. The number of ether oxygens (including phenoxy) is 1. The van der Waals surface area contributed by atoms with Crippen LogP contribution in [-0.4, -0.2) is 40.0 Å². The summed E-state index contributed by atoms with van der Waals surface area (Å²) in [5.74, 6) is 1.36. The Balaban J connectivity index is 1.94.